The molecule has 0 aliphatic carbocycles. The summed E-state index contributed by atoms with van der Waals surface area (Å²) in [5.41, 5.74) is 3.79. The Kier molecular flexibility index (Phi) is 6.09. The molecular formula is C23H31N5O. The van der Waals surface area contributed by atoms with Crippen molar-refractivity contribution in [1.29, 1.82) is 0 Å². The zero-order chi connectivity index (χ0) is 20.2. The van der Waals surface area contributed by atoms with E-state index in [0.717, 1.165) is 75.7 Å². The van der Waals surface area contributed by atoms with Gasteiger partial charge in [-0.2, -0.15) is 0 Å². The lowest BCUT2D eigenvalue weighted by Crippen LogP contribution is -2.39. The Morgan fingerprint density at radius 2 is 2.03 bits per heavy atom. The van der Waals surface area contributed by atoms with Crippen molar-refractivity contribution < 1.29 is 4.79 Å². The minimum absolute atomic E-state index is 0.147. The van der Waals surface area contributed by atoms with Crippen LogP contribution in [-0.4, -0.2) is 58.9 Å². The van der Waals surface area contributed by atoms with E-state index in [1.54, 1.807) is 6.92 Å². The second-order valence-electron chi connectivity index (χ2n) is 8.17. The van der Waals surface area contributed by atoms with E-state index in [2.05, 4.69) is 40.5 Å². The summed E-state index contributed by atoms with van der Waals surface area (Å²) in [6.07, 6.45) is 4.10. The first-order valence-corrected chi connectivity index (χ1v) is 10.7. The fraction of sp³-hybridized carbons (Fsp3) is 0.522. The number of aromatic nitrogens is 2. The van der Waals surface area contributed by atoms with Crippen molar-refractivity contribution in [2.24, 2.45) is 0 Å². The van der Waals surface area contributed by atoms with Gasteiger partial charge in [-0.25, -0.2) is 9.97 Å². The van der Waals surface area contributed by atoms with Gasteiger partial charge in [-0.1, -0.05) is 30.3 Å². The molecule has 6 heteroatoms. The summed E-state index contributed by atoms with van der Waals surface area (Å²) in [6, 6.07) is 10.7. The number of hydrogen-bond donors (Lipinski definition) is 1. The van der Waals surface area contributed by atoms with Crippen molar-refractivity contribution in [3.8, 4) is 0 Å². The number of nitrogens with zero attached hydrogens (tertiary/aromatic N) is 4. The number of benzene rings is 1. The highest BCUT2D eigenvalue weighted by molar-refractivity contribution is 5.73. The summed E-state index contributed by atoms with van der Waals surface area (Å²) in [5.74, 6) is 2.23. The number of fused-ring (bicyclic) bond motifs is 1. The van der Waals surface area contributed by atoms with Crippen LogP contribution >= 0.6 is 0 Å². The smallest absolute Gasteiger partial charge is 0.219 e. The van der Waals surface area contributed by atoms with E-state index in [-0.39, 0.29) is 11.8 Å². The molecule has 1 fully saturated rings. The molecule has 154 valence electrons. The van der Waals surface area contributed by atoms with Gasteiger partial charge in [-0.3, -0.25) is 9.69 Å². The molecule has 6 nitrogen and oxygen atoms in total. The first kappa shape index (κ1) is 19.8. The largest absolute Gasteiger partial charge is 0.373 e. The highest BCUT2D eigenvalue weighted by Gasteiger charge is 2.28. The summed E-state index contributed by atoms with van der Waals surface area (Å²) in [5, 5.41) is 3.29. The Labute approximate surface area is 173 Å². The number of hydrogen-bond acceptors (Lipinski definition) is 5. The van der Waals surface area contributed by atoms with Gasteiger partial charge in [0.15, 0.2) is 0 Å². The molecule has 1 aromatic carbocycles. The van der Waals surface area contributed by atoms with Gasteiger partial charge in [-0.05, 0) is 31.2 Å². The molecule has 2 aromatic rings. The Balaban J connectivity index is 1.50. The maximum Gasteiger partial charge on any atom is 0.219 e. The summed E-state index contributed by atoms with van der Waals surface area (Å²) in [4.78, 5) is 26.1. The zero-order valence-electron chi connectivity index (χ0n) is 17.5. The number of carbonyl (C=O) groups is 1. The monoisotopic (exact) mass is 393 g/mol. The average Bonchev–Trinajstić information content (AvgIpc) is 2.77. The van der Waals surface area contributed by atoms with Crippen LogP contribution in [-0.2, 0) is 24.2 Å². The molecule has 1 unspecified atom stereocenters. The molecule has 4 rings (SSSR count). The molecule has 0 spiro atoms. The number of likely N-dealkylation sites (tertiary alicyclic amines) is 1. The van der Waals surface area contributed by atoms with E-state index < -0.39 is 0 Å². The van der Waals surface area contributed by atoms with Crippen molar-refractivity contribution in [2.75, 3.05) is 38.5 Å². The standard InChI is InChI=1S/C23H31N5O/c1-17(29)28-12-6-9-19(15-28)22-25-21-16-27(13-10-18-7-4-3-5-8-18)14-11-20(21)23(24-2)26-22/h3-5,7-8,19H,6,9-16H2,1-2H3,(H,24,25,26). The van der Waals surface area contributed by atoms with Crippen LogP contribution in [0.2, 0.25) is 0 Å². The first-order valence-electron chi connectivity index (χ1n) is 10.7. The highest BCUT2D eigenvalue weighted by atomic mass is 16.2. The molecule has 1 N–H and O–H groups in total. The van der Waals surface area contributed by atoms with Gasteiger partial charge >= 0.3 is 0 Å². The molecule has 3 heterocycles. The predicted octanol–water partition coefficient (Wildman–Crippen LogP) is 2.85. The number of nitrogens with one attached hydrogen (secondary N) is 1. The molecule has 29 heavy (non-hydrogen) atoms. The lowest BCUT2D eigenvalue weighted by atomic mass is 9.96. The first-order chi connectivity index (χ1) is 14.1. The van der Waals surface area contributed by atoms with Gasteiger partial charge in [0.1, 0.15) is 11.6 Å². The van der Waals surface area contributed by atoms with E-state index in [1.807, 2.05) is 11.9 Å². The third-order valence-corrected chi connectivity index (χ3v) is 6.19. The number of rotatable bonds is 5. The summed E-state index contributed by atoms with van der Waals surface area (Å²) >= 11 is 0. The highest BCUT2D eigenvalue weighted by Crippen LogP contribution is 2.29. The molecule has 1 atom stereocenters. The second kappa shape index (κ2) is 8.91. The molecule has 2 aliphatic rings. The third kappa shape index (κ3) is 4.58. The van der Waals surface area contributed by atoms with Crippen LogP contribution in [0.4, 0.5) is 5.82 Å². The molecule has 2 aliphatic heterocycles. The van der Waals surface area contributed by atoms with E-state index in [0.29, 0.717) is 0 Å². The summed E-state index contributed by atoms with van der Waals surface area (Å²) < 4.78 is 0. The van der Waals surface area contributed by atoms with Gasteiger partial charge in [0, 0.05) is 58.2 Å². The fourth-order valence-corrected chi connectivity index (χ4v) is 4.49. The van der Waals surface area contributed by atoms with Gasteiger partial charge in [0.05, 0.1) is 5.69 Å². The predicted molar refractivity (Wildman–Crippen MR) is 115 cm³/mol. The Bertz CT molecular complexity index is 854. The van der Waals surface area contributed by atoms with Crippen LogP contribution in [0.15, 0.2) is 30.3 Å². The normalized spacial score (nSPS) is 19.7. The van der Waals surface area contributed by atoms with Gasteiger partial charge in [0.25, 0.3) is 0 Å². The minimum atomic E-state index is 0.147. The molecule has 1 amide bonds. The van der Waals surface area contributed by atoms with Gasteiger partial charge in [0.2, 0.25) is 5.91 Å². The van der Waals surface area contributed by atoms with Crippen LogP contribution in [0, 0.1) is 0 Å². The van der Waals surface area contributed by atoms with E-state index in [4.69, 9.17) is 9.97 Å². The lowest BCUT2D eigenvalue weighted by molar-refractivity contribution is -0.130. The van der Waals surface area contributed by atoms with Crippen LogP contribution in [0.1, 0.15) is 48.3 Å². The van der Waals surface area contributed by atoms with Crippen molar-refractivity contribution in [3.05, 3.63) is 53.0 Å². The molecule has 0 radical (unpaired) electrons. The van der Waals surface area contributed by atoms with Gasteiger partial charge in [-0.15, -0.1) is 0 Å². The maximum atomic E-state index is 11.8. The molecule has 1 saturated heterocycles. The van der Waals surface area contributed by atoms with Crippen molar-refractivity contribution in [2.45, 2.75) is 45.1 Å². The third-order valence-electron chi connectivity index (χ3n) is 6.19. The zero-order valence-corrected chi connectivity index (χ0v) is 17.5. The Morgan fingerprint density at radius 1 is 1.21 bits per heavy atom. The van der Waals surface area contributed by atoms with Crippen molar-refractivity contribution >= 4 is 11.7 Å². The number of piperidine rings is 1. The number of anilines is 1. The van der Waals surface area contributed by atoms with Crippen molar-refractivity contribution in [3.63, 3.8) is 0 Å². The number of carbonyl (C=O) groups excluding carboxylic acids is 1. The van der Waals surface area contributed by atoms with Crippen molar-refractivity contribution in [1.82, 2.24) is 19.8 Å². The van der Waals surface area contributed by atoms with E-state index >= 15 is 0 Å². The van der Waals surface area contributed by atoms with E-state index in [9.17, 15) is 4.79 Å². The summed E-state index contributed by atoms with van der Waals surface area (Å²) in [7, 11) is 1.94. The molecule has 1 aromatic heterocycles. The minimum Gasteiger partial charge on any atom is -0.373 e. The number of amides is 1. The maximum absolute atomic E-state index is 11.8. The topological polar surface area (TPSA) is 61.4 Å². The fourth-order valence-electron chi connectivity index (χ4n) is 4.49. The van der Waals surface area contributed by atoms with Crippen LogP contribution < -0.4 is 5.32 Å². The average molecular weight is 394 g/mol. The second-order valence-corrected chi connectivity index (χ2v) is 8.17. The molecule has 0 bridgehead atoms. The lowest BCUT2D eigenvalue weighted by Gasteiger charge is -2.33. The quantitative estimate of drug-likeness (QED) is 0.846. The van der Waals surface area contributed by atoms with Crippen LogP contribution in [0.25, 0.3) is 0 Å². The van der Waals surface area contributed by atoms with Gasteiger partial charge < -0.3 is 10.2 Å². The molecular weight excluding hydrogens is 362 g/mol. The summed E-state index contributed by atoms with van der Waals surface area (Å²) in [6.45, 7) is 6.19. The Hall–Kier alpha value is -2.47. The van der Waals surface area contributed by atoms with E-state index in [1.165, 1.54) is 11.1 Å². The van der Waals surface area contributed by atoms with Crippen LogP contribution in [0.3, 0.4) is 0 Å². The molecule has 0 saturated carbocycles. The Morgan fingerprint density at radius 3 is 2.79 bits per heavy atom. The SMILES string of the molecule is CNc1nc(C2CCCN(C(C)=O)C2)nc2c1CCN(CCc1ccccc1)C2. The van der Waals surface area contributed by atoms with Crippen LogP contribution in [0.5, 0.6) is 0 Å².